The number of β-amino-alcohol motifs (C(OH)–C–C–N with tert-alkyl or cyclic N) is 1. The van der Waals surface area contributed by atoms with E-state index in [0.29, 0.717) is 19.3 Å². The Hall–Kier alpha value is -1.47. The van der Waals surface area contributed by atoms with Gasteiger partial charge >= 0.3 is 5.97 Å². The number of nitrogens with zero attached hydrogens (tertiary/aromatic N) is 1. The SMILES string of the molecule is O=C(OCCO)C1CCC2C(=O)N(CCO)C(=O)C2C1. The smallest absolute Gasteiger partial charge is 0.309 e. The van der Waals surface area contributed by atoms with Gasteiger partial charge in [-0.3, -0.25) is 19.3 Å². The van der Waals surface area contributed by atoms with Gasteiger partial charge in [-0.15, -0.1) is 0 Å². The molecule has 0 aromatic heterocycles. The highest BCUT2D eigenvalue weighted by atomic mass is 16.5. The molecule has 1 saturated heterocycles. The third-order valence-electron chi connectivity index (χ3n) is 4.01. The van der Waals surface area contributed by atoms with Gasteiger partial charge in [0.25, 0.3) is 0 Å². The van der Waals surface area contributed by atoms with Crippen LogP contribution in [-0.2, 0) is 19.1 Å². The Morgan fingerprint density at radius 2 is 1.85 bits per heavy atom. The molecular weight excluding hydrogens is 266 g/mol. The maximum Gasteiger partial charge on any atom is 0.309 e. The second-order valence-electron chi connectivity index (χ2n) is 5.17. The van der Waals surface area contributed by atoms with E-state index < -0.39 is 17.8 Å². The molecule has 20 heavy (non-hydrogen) atoms. The van der Waals surface area contributed by atoms with Crippen molar-refractivity contribution < 1.29 is 29.3 Å². The Balaban J connectivity index is 2.01. The lowest BCUT2D eigenvalue weighted by molar-refractivity contribution is -0.152. The maximum atomic E-state index is 12.1. The number of carbonyl (C=O) groups excluding carboxylic acids is 3. The number of hydrogen-bond donors (Lipinski definition) is 2. The molecule has 7 heteroatoms. The second kappa shape index (κ2) is 6.32. The normalized spacial score (nSPS) is 29.5. The molecule has 2 aliphatic rings. The van der Waals surface area contributed by atoms with Crippen LogP contribution in [0.15, 0.2) is 0 Å². The maximum absolute atomic E-state index is 12.1. The summed E-state index contributed by atoms with van der Waals surface area (Å²) in [5.74, 6) is -2.19. The molecule has 3 unspecified atom stereocenters. The molecule has 2 fully saturated rings. The monoisotopic (exact) mass is 285 g/mol. The van der Waals surface area contributed by atoms with E-state index in [2.05, 4.69) is 0 Å². The Kier molecular flexibility index (Phi) is 4.72. The summed E-state index contributed by atoms with van der Waals surface area (Å²) >= 11 is 0. The number of esters is 1. The number of likely N-dealkylation sites (tertiary alicyclic amines) is 1. The summed E-state index contributed by atoms with van der Waals surface area (Å²) < 4.78 is 4.88. The van der Waals surface area contributed by atoms with Crippen molar-refractivity contribution in [1.29, 1.82) is 0 Å². The van der Waals surface area contributed by atoms with E-state index in [1.165, 1.54) is 0 Å². The lowest BCUT2D eigenvalue weighted by atomic mass is 9.75. The average molecular weight is 285 g/mol. The fraction of sp³-hybridized carbons (Fsp3) is 0.769. The van der Waals surface area contributed by atoms with E-state index in [0.717, 1.165) is 4.90 Å². The van der Waals surface area contributed by atoms with E-state index in [1.807, 2.05) is 0 Å². The molecule has 7 nitrogen and oxygen atoms in total. The summed E-state index contributed by atoms with van der Waals surface area (Å²) in [5.41, 5.74) is 0. The van der Waals surface area contributed by atoms with Crippen molar-refractivity contribution >= 4 is 17.8 Å². The predicted molar refractivity (Wildman–Crippen MR) is 66.2 cm³/mol. The molecular formula is C13H19NO6. The number of imide groups is 1. The highest BCUT2D eigenvalue weighted by Gasteiger charge is 2.50. The number of ether oxygens (including phenoxy) is 1. The molecule has 1 saturated carbocycles. The van der Waals surface area contributed by atoms with E-state index in [4.69, 9.17) is 14.9 Å². The molecule has 1 aliphatic heterocycles. The predicted octanol–water partition coefficient (Wildman–Crippen LogP) is -1.08. The molecule has 1 aliphatic carbocycles. The number of aliphatic hydroxyl groups excluding tert-OH is 2. The molecule has 2 N–H and O–H groups in total. The number of fused-ring (bicyclic) bond motifs is 1. The summed E-state index contributed by atoms with van der Waals surface area (Å²) in [5, 5.41) is 17.5. The van der Waals surface area contributed by atoms with Crippen molar-refractivity contribution in [3.8, 4) is 0 Å². The zero-order chi connectivity index (χ0) is 14.7. The van der Waals surface area contributed by atoms with Crippen LogP contribution < -0.4 is 0 Å². The van der Waals surface area contributed by atoms with Crippen molar-refractivity contribution in [2.24, 2.45) is 17.8 Å². The zero-order valence-corrected chi connectivity index (χ0v) is 11.2. The van der Waals surface area contributed by atoms with Crippen molar-refractivity contribution in [3.63, 3.8) is 0 Å². The lowest BCUT2D eigenvalue weighted by Gasteiger charge is -2.27. The van der Waals surface area contributed by atoms with Crippen LogP contribution in [0.25, 0.3) is 0 Å². The first kappa shape index (κ1) is 14.9. The van der Waals surface area contributed by atoms with Crippen LogP contribution in [0.1, 0.15) is 19.3 Å². The number of aliphatic hydroxyl groups is 2. The van der Waals surface area contributed by atoms with Gasteiger partial charge in [0.05, 0.1) is 37.5 Å². The first-order valence-electron chi connectivity index (χ1n) is 6.83. The summed E-state index contributed by atoms with van der Waals surface area (Å²) in [6, 6.07) is 0. The minimum atomic E-state index is -0.477. The average Bonchev–Trinajstić information content (AvgIpc) is 2.70. The first-order chi connectivity index (χ1) is 9.60. The molecule has 2 rings (SSSR count). The third-order valence-corrected chi connectivity index (χ3v) is 4.01. The highest BCUT2D eigenvalue weighted by Crippen LogP contribution is 2.40. The summed E-state index contributed by atoms with van der Waals surface area (Å²) in [6.07, 6.45) is 1.30. The minimum Gasteiger partial charge on any atom is -0.463 e. The molecule has 0 aromatic rings. The van der Waals surface area contributed by atoms with Crippen LogP contribution in [0.4, 0.5) is 0 Å². The van der Waals surface area contributed by atoms with Crippen LogP contribution in [0.5, 0.6) is 0 Å². The summed E-state index contributed by atoms with van der Waals surface area (Å²) in [6.45, 7) is -0.512. The molecule has 0 bridgehead atoms. The quantitative estimate of drug-likeness (QED) is 0.491. The molecule has 1 heterocycles. The Bertz CT molecular complexity index is 410. The van der Waals surface area contributed by atoms with Gasteiger partial charge < -0.3 is 14.9 Å². The standard InChI is InChI=1S/C13H19NO6/c15-4-3-14-11(17)9-2-1-8(7-10(9)12(14)18)13(19)20-6-5-16/h8-10,15-16H,1-7H2. The van der Waals surface area contributed by atoms with Gasteiger partial charge in [0.1, 0.15) is 6.61 Å². The largest absolute Gasteiger partial charge is 0.463 e. The Labute approximate surface area is 116 Å². The fourth-order valence-electron chi connectivity index (χ4n) is 3.05. The highest BCUT2D eigenvalue weighted by molar-refractivity contribution is 6.05. The van der Waals surface area contributed by atoms with E-state index >= 15 is 0 Å². The topological polar surface area (TPSA) is 104 Å². The van der Waals surface area contributed by atoms with Crippen LogP contribution >= 0.6 is 0 Å². The van der Waals surface area contributed by atoms with Gasteiger partial charge in [0.2, 0.25) is 11.8 Å². The number of rotatable bonds is 5. The van der Waals surface area contributed by atoms with Gasteiger partial charge in [-0.2, -0.15) is 0 Å². The summed E-state index contributed by atoms with van der Waals surface area (Å²) in [7, 11) is 0. The van der Waals surface area contributed by atoms with Gasteiger partial charge in [-0.05, 0) is 19.3 Å². The van der Waals surface area contributed by atoms with Gasteiger partial charge in [-0.1, -0.05) is 0 Å². The Morgan fingerprint density at radius 3 is 2.50 bits per heavy atom. The molecule has 2 amide bonds. The number of carbonyl (C=O) groups is 3. The van der Waals surface area contributed by atoms with Crippen LogP contribution in [0.3, 0.4) is 0 Å². The van der Waals surface area contributed by atoms with E-state index in [-0.39, 0.29) is 44.1 Å². The molecule has 0 aromatic carbocycles. The number of hydrogen-bond acceptors (Lipinski definition) is 6. The van der Waals surface area contributed by atoms with Crippen molar-refractivity contribution in [2.45, 2.75) is 19.3 Å². The molecule has 112 valence electrons. The minimum absolute atomic E-state index is 0.0181. The van der Waals surface area contributed by atoms with Crippen molar-refractivity contribution in [3.05, 3.63) is 0 Å². The molecule has 0 radical (unpaired) electrons. The zero-order valence-electron chi connectivity index (χ0n) is 11.2. The Morgan fingerprint density at radius 1 is 1.15 bits per heavy atom. The van der Waals surface area contributed by atoms with E-state index in [1.54, 1.807) is 0 Å². The van der Waals surface area contributed by atoms with Crippen LogP contribution in [-0.4, -0.2) is 59.3 Å². The van der Waals surface area contributed by atoms with Gasteiger partial charge in [-0.25, -0.2) is 0 Å². The van der Waals surface area contributed by atoms with Gasteiger partial charge in [0, 0.05) is 0 Å². The molecule has 3 atom stereocenters. The van der Waals surface area contributed by atoms with Crippen molar-refractivity contribution in [2.75, 3.05) is 26.4 Å². The fourth-order valence-corrected chi connectivity index (χ4v) is 3.05. The lowest BCUT2D eigenvalue weighted by Crippen LogP contribution is -2.33. The first-order valence-corrected chi connectivity index (χ1v) is 6.83. The number of amides is 2. The third kappa shape index (κ3) is 2.69. The molecule has 0 spiro atoms. The van der Waals surface area contributed by atoms with Crippen LogP contribution in [0.2, 0.25) is 0 Å². The van der Waals surface area contributed by atoms with E-state index in [9.17, 15) is 14.4 Å². The van der Waals surface area contributed by atoms with Crippen LogP contribution in [0, 0.1) is 17.8 Å². The second-order valence-corrected chi connectivity index (χ2v) is 5.17. The van der Waals surface area contributed by atoms with Crippen molar-refractivity contribution in [1.82, 2.24) is 4.90 Å². The van der Waals surface area contributed by atoms with Gasteiger partial charge in [0.15, 0.2) is 0 Å². The summed E-state index contributed by atoms with van der Waals surface area (Å²) in [4.78, 5) is 37.0.